The smallest absolute Gasteiger partial charge is 0.188 e. The second-order valence-electron chi connectivity index (χ2n) is 6.28. The molecule has 1 fully saturated rings. The average molecular weight is 334 g/mol. The maximum Gasteiger partial charge on any atom is 0.188 e. The predicted octanol–water partition coefficient (Wildman–Crippen LogP) is 3.02. The van der Waals surface area contributed by atoms with Gasteiger partial charge in [0.05, 0.1) is 10.9 Å². The number of aryl methyl sites for hydroxylation is 1. The van der Waals surface area contributed by atoms with E-state index in [-0.39, 0.29) is 6.04 Å². The molecule has 0 amide bonds. The van der Waals surface area contributed by atoms with Gasteiger partial charge in [-0.15, -0.1) is 5.10 Å². The summed E-state index contributed by atoms with van der Waals surface area (Å²) in [6.45, 7) is 3.55. The van der Waals surface area contributed by atoms with Crippen molar-refractivity contribution in [3.63, 3.8) is 0 Å². The van der Waals surface area contributed by atoms with Crippen LogP contribution in [0.1, 0.15) is 61.7 Å². The first-order valence-electron chi connectivity index (χ1n) is 8.08. The number of tetrazole rings is 1. The third kappa shape index (κ3) is 3.15. The maximum absolute atomic E-state index is 12.9. The summed E-state index contributed by atoms with van der Waals surface area (Å²) in [5, 5.41) is 11.1. The highest BCUT2D eigenvalue weighted by Gasteiger charge is 2.32. The number of hydrogen-bond acceptors (Lipinski definition) is 5. The monoisotopic (exact) mass is 334 g/mol. The molecule has 1 atom stereocenters. The summed E-state index contributed by atoms with van der Waals surface area (Å²) in [7, 11) is -3.51. The van der Waals surface area contributed by atoms with Crippen molar-refractivity contribution in [2.45, 2.75) is 62.1 Å². The van der Waals surface area contributed by atoms with E-state index < -0.39 is 15.1 Å². The van der Waals surface area contributed by atoms with E-state index in [2.05, 4.69) is 15.5 Å². The fourth-order valence-electron chi connectivity index (χ4n) is 3.19. The van der Waals surface area contributed by atoms with Gasteiger partial charge in [-0.1, -0.05) is 31.4 Å². The van der Waals surface area contributed by atoms with Crippen molar-refractivity contribution in [3.8, 4) is 0 Å². The zero-order valence-corrected chi connectivity index (χ0v) is 14.3. The molecule has 0 radical (unpaired) electrons. The van der Waals surface area contributed by atoms with E-state index in [1.807, 2.05) is 13.0 Å². The molecule has 1 aliphatic rings. The summed E-state index contributed by atoms with van der Waals surface area (Å²) in [6, 6.07) is 7.19. The highest BCUT2D eigenvalue weighted by atomic mass is 32.2. The second kappa shape index (κ2) is 6.39. The summed E-state index contributed by atoms with van der Waals surface area (Å²) in [5.74, 6) is 0.443. The molecule has 2 aromatic rings. The minimum atomic E-state index is -3.51. The minimum absolute atomic E-state index is 0.212. The Morgan fingerprint density at radius 2 is 1.96 bits per heavy atom. The fourth-order valence-corrected chi connectivity index (χ4v) is 4.65. The lowest BCUT2D eigenvalue weighted by atomic mass is 9.95. The van der Waals surface area contributed by atoms with Crippen molar-refractivity contribution in [1.82, 2.24) is 20.2 Å². The molecule has 1 aliphatic carbocycles. The van der Waals surface area contributed by atoms with Gasteiger partial charge in [0.1, 0.15) is 5.25 Å². The summed E-state index contributed by atoms with van der Waals surface area (Å²) < 4.78 is 27.6. The Balaban J connectivity index is 1.94. The molecule has 0 bridgehead atoms. The molecule has 1 heterocycles. The van der Waals surface area contributed by atoms with Gasteiger partial charge in [0.25, 0.3) is 0 Å². The molecule has 3 rings (SSSR count). The molecular formula is C16H22N4O2S. The molecule has 0 N–H and O–H groups in total. The predicted molar refractivity (Wildman–Crippen MR) is 86.7 cm³/mol. The summed E-state index contributed by atoms with van der Waals surface area (Å²) in [6.07, 6.45) is 5.53. The number of sulfone groups is 1. The SMILES string of the molecule is Cc1cccc(S(=O)(=O)[C@H](C)c2nnnn2C2CCCCC2)c1. The summed E-state index contributed by atoms with van der Waals surface area (Å²) in [4.78, 5) is 0.322. The minimum Gasteiger partial charge on any atom is -0.225 e. The van der Waals surface area contributed by atoms with E-state index in [1.165, 1.54) is 6.42 Å². The van der Waals surface area contributed by atoms with Crippen LogP contribution < -0.4 is 0 Å². The Bertz CT molecular complexity index is 779. The Morgan fingerprint density at radius 3 is 2.65 bits per heavy atom. The maximum atomic E-state index is 12.9. The van der Waals surface area contributed by atoms with Crippen LogP contribution in [0.4, 0.5) is 0 Å². The van der Waals surface area contributed by atoms with Crippen LogP contribution in [0.15, 0.2) is 29.2 Å². The van der Waals surface area contributed by atoms with Gasteiger partial charge in [-0.25, -0.2) is 13.1 Å². The van der Waals surface area contributed by atoms with Crippen molar-refractivity contribution in [2.24, 2.45) is 0 Å². The van der Waals surface area contributed by atoms with E-state index in [1.54, 1.807) is 29.8 Å². The fraction of sp³-hybridized carbons (Fsp3) is 0.562. The van der Waals surface area contributed by atoms with Crippen molar-refractivity contribution < 1.29 is 8.42 Å². The molecule has 7 heteroatoms. The highest BCUT2D eigenvalue weighted by Crippen LogP contribution is 2.32. The molecule has 0 aliphatic heterocycles. The van der Waals surface area contributed by atoms with E-state index in [0.717, 1.165) is 31.2 Å². The first-order valence-corrected chi connectivity index (χ1v) is 9.63. The Kier molecular flexibility index (Phi) is 4.48. The number of hydrogen-bond donors (Lipinski definition) is 0. The van der Waals surface area contributed by atoms with Crippen LogP contribution in [0.25, 0.3) is 0 Å². The zero-order valence-electron chi connectivity index (χ0n) is 13.5. The quantitative estimate of drug-likeness (QED) is 0.859. The number of nitrogens with zero attached hydrogens (tertiary/aromatic N) is 4. The summed E-state index contributed by atoms with van der Waals surface area (Å²) in [5.41, 5.74) is 0.921. The Morgan fingerprint density at radius 1 is 1.22 bits per heavy atom. The molecule has 0 unspecified atom stereocenters. The normalized spacial score (nSPS) is 18.0. The van der Waals surface area contributed by atoms with Crippen LogP contribution in [0, 0.1) is 6.92 Å². The van der Waals surface area contributed by atoms with Gasteiger partial charge in [0.2, 0.25) is 0 Å². The van der Waals surface area contributed by atoms with Gasteiger partial charge in [-0.05, 0) is 54.8 Å². The van der Waals surface area contributed by atoms with Crippen LogP contribution in [-0.4, -0.2) is 28.6 Å². The highest BCUT2D eigenvalue weighted by molar-refractivity contribution is 7.91. The van der Waals surface area contributed by atoms with E-state index >= 15 is 0 Å². The van der Waals surface area contributed by atoms with Gasteiger partial charge in [-0.2, -0.15) is 0 Å². The number of benzene rings is 1. The van der Waals surface area contributed by atoms with Gasteiger partial charge in [-0.3, -0.25) is 0 Å². The van der Waals surface area contributed by atoms with Crippen molar-refractivity contribution >= 4 is 9.84 Å². The molecular weight excluding hydrogens is 312 g/mol. The molecule has 1 saturated carbocycles. The Labute approximate surface area is 136 Å². The van der Waals surface area contributed by atoms with Gasteiger partial charge in [0.15, 0.2) is 15.7 Å². The van der Waals surface area contributed by atoms with Crippen molar-refractivity contribution in [2.75, 3.05) is 0 Å². The molecule has 0 spiro atoms. The van der Waals surface area contributed by atoms with Crippen LogP contribution in [0.3, 0.4) is 0 Å². The number of aromatic nitrogens is 4. The van der Waals surface area contributed by atoms with Crippen LogP contribution >= 0.6 is 0 Å². The van der Waals surface area contributed by atoms with Crippen LogP contribution in [0.2, 0.25) is 0 Å². The molecule has 124 valence electrons. The topological polar surface area (TPSA) is 77.7 Å². The van der Waals surface area contributed by atoms with Gasteiger partial charge < -0.3 is 0 Å². The van der Waals surface area contributed by atoms with Crippen molar-refractivity contribution in [1.29, 1.82) is 0 Å². The summed E-state index contributed by atoms with van der Waals surface area (Å²) >= 11 is 0. The Hall–Kier alpha value is -1.76. The van der Waals surface area contributed by atoms with Gasteiger partial charge >= 0.3 is 0 Å². The first kappa shape index (κ1) is 16.1. The molecule has 1 aromatic heterocycles. The van der Waals surface area contributed by atoms with E-state index in [4.69, 9.17) is 0 Å². The average Bonchev–Trinajstić information content (AvgIpc) is 3.04. The largest absolute Gasteiger partial charge is 0.225 e. The molecule has 1 aromatic carbocycles. The lowest BCUT2D eigenvalue weighted by Crippen LogP contribution is -2.21. The molecule has 23 heavy (non-hydrogen) atoms. The van der Waals surface area contributed by atoms with Crippen LogP contribution in [-0.2, 0) is 9.84 Å². The lowest BCUT2D eigenvalue weighted by Gasteiger charge is -2.23. The van der Waals surface area contributed by atoms with Crippen molar-refractivity contribution in [3.05, 3.63) is 35.7 Å². The lowest BCUT2D eigenvalue weighted by molar-refractivity contribution is 0.316. The zero-order chi connectivity index (χ0) is 16.4. The first-order chi connectivity index (χ1) is 11.0. The van der Waals surface area contributed by atoms with Crippen LogP contribution in [0.5, 0.6) is 0 Å². The third-order valence-corrected chi connectivity index (χ3v) is 6.64. The van der Waals surface area contributed by atoms with E-state index in [0.29, 0.717) is 10.7 Å². The van der Waals surface area contributed by atoms with Gasteiger partial charge in [0, 0.05) is 0 Å². The molecule has 0 saturated heterocycles. The second-order valence-corrected chi connectivity index (χ2v) is 8.55. The number of rotatable bonds is 4. The van der Waals surface area contributed by atoms with E-state index in [9.17, 15) is 8.42 Å². The standard InChI is InChI=1S/C16H22N4O2S/c1-12-7-6-10-15(11-12)23(21,22)13(2)16-17-18-19-20(16)14-8-4-3-5-9-14/h6-7,10-11,13-14H,3-5,8-9H2,1-2H3/t13-/m1/s1. The molecule has 6 nitrogen and oxygen atoms in total. The third-order valence-electron chi connectivity index (χ3n) is 4.59.